The van der Waals surface area contributed by atoms with Gasteiger partial charge in [0, 0.05) is 13.5 Å². The van der Waals surface area contributed by atoms with Gasteiger partial charge in [0.2, 0.25) is 5.91 Å². The van der Waals surface area contributed by atoms with Crippen molar-refractivity contribution in [2.24, 2.45) is 5.92 Å². The Labute approximate surface area is 158 Å². The first kappa shape index (κ1) is 19.9. The Morgan fingerprint density at radius 2 is 2.04 bits per heavy atom. The maximum Gasteiger partial charge on any atom is 0.326 e. The van der Waals surface area contributed by atoms with Gasteiger partial charge in [0.1, 0.15) is 6.04 Å². The molecule has 0 bridgehead atoms. The maximum atomic E-state index is 12.8. The summed E-state index contributed by atoms with van der Waals surface area (Å²) in [5.41, 5.74) is 0. The molecule has 0 aliphatic carbocycles. The van der Waals surface area contributed by atoms with E-state index in [2.05, 4.69) is 0 Å². The van der Waals surface area contributed by atoms with Crippen molar-refractivity contribution in [2.45, 2.75) is 38.0 Å². The van der Waals surface area contributed by atoms with Gasteiger partial charge in [-0.3, -0.25) is 14.4 Å². The number of thiophene rings is 1. The molecule has 1 aromatic rings. The number of hydrogen-bond acceptors (Lipinski definition) is 6. The van der Waals surface area contributed by atoms with Crippen molar-refractivity contribution in [3.05, 3.63) is 21.3 Å². The number of likely N-dealkylation sites (tertiary alicyclic amines) is 1. The summed E-state index contributed by atoms with van der Waals surface area (Å²) >= 11 is 7.75. The molecule has 1 fully saturated rings. The zero-order valence-corrected chi connectivity index (χ0v) is 16.1. The molecule has 0 saturated carbocycles. The van der Waals surface area contributed by atoms with Crippen molar-refractivity contribution in [2.75, 3.05) is 6.54 Å². The van der Waals surface area contributed by atoms with Crippen LogP contribution < -0.4 is 0 Å². The molecule has 6 nitrogen and oxygen atoms in total. The number of hydrogen-bond donors (Lipinski definition) is 1. The molecule has 0 spiro atoms. The van der Waals surface area contributed by atoms with Gasteiger partial charge < -0.3 is 10.0 Å². The fourth-order valence-corrected chi connectivity index (χ4v) is 4.84. The highest BCUT2D eigenvalue weighted by Crippen LogP contribution is 2.31. The Bertz CT molecular complexity index is 704. The van der Waals surface area contributed by atoms with E-state index in [1.165, 1.54) is 11.8 Å². The zero-order valence-electron chi connectivity index (χ0n) is 13.7. The van der Waals surface area contributed by atoms with E-state index < -0.39 is 29.1 Å². The first-order valence-corrected chi connectivity index (χ1v) is 9.79. The van der Waals surface area contributed by atoms with E-state index in [4.69, 9.17) is 11.6 Å². The topological polar surface area (TPSA) is 91.8 Å². The number of aliphatic carboxylic acids is 1. The molecular weight excluding hydrogens is 386 g/mol. The molecule has 1 aliphatic rings. The zero-order chi connectivity index (χ0) is 18.7. The summed E-state index contributed by atoms with van der Waals surface area (Å²) in [4.78, 5) is 50.1. The summed E-state index contributed by atoms with van der Waals surface area (Å²) in [5.74, 6) is -2.63. The molecule has 1 amide bonds. The summed E-state index contributed by atoms with van der Waals surface area (Å²) in [5, 5.41) is 8.07. The second-order valence-corrected chi connectivity index (χ2v) is 8.85. The number of halogens is 1. The fourth-order valence-electron chi connectivity index (χ4n) is 2.83. The predicted octanol–water partition coefficient (Wildman–Crippen LogP) is 2.94. The van der Waals surface area contributed by atoms with Crippen LogP contribution in [0.5, 0.6) is 0 Å². The van der Waals surface area contributed by atoms with Crippen LogP contribution in [0.2, 0.25) is 4.34 Å². The predicted molar refractivity (Wildman–Crippen MR) is 97.3 cm³/mol. The largest absolute Gasteiger partial charge is 0.480 e. The van der Waals surface area contributed by atoms with Gasteiger partial charge in [-0.2, -0.15) is 0 Å². The van der Waals surface area contributed by atoms with Crippen molar-refractivity contribution in [1.82, 2.24) is 4.90 Å². The van der Waals surface area contributed by atoms with Gasteiger partial charge in [-0.15, -0.1) is 11.3 Å². The highest BCUT2D eigenvalue weighted by atomic mass is 35.5. The molecule has 25 heavy (non-hydrogen) atoms. The van der Waals surface area contributed by atoms with Crippen molar-refractivity contribution in [1.29, 1.82) is 0 Å². The van der Waals surface area contributed by atoms with Crippen LogP contribution in [0.1, 0.15) is 36.4 Å². The minimum atomic E-state index is -1.05. The highest BCUT2D eigenvalue weighted by molar-refractivity contribution is 8.14. The number of carbonyl (C=O) groups is 4. The molecule has 1 saturated heterocycles. The van der Waals surface area contributed by atoms with Gasteiger partial charge in [0.25, 0.3) is 0 Å². The lowest BCUT2D eigenvalue weighted by atomic mass is 10.0. The van der Waals surface area contributed by atoms with Crippen LogP contribution in [0.4, 0.5) is 0 Å². The van der Waals surface area contributed by atoms with Gasteiger partial charge in [-0.25, -0.2) is 4.79 Å². The average molecular weight is 404 g/mol. The van der Waals surface area contributed by atoms with Gasteiger partial charge >= 0.3 is 5.97 Å². The third-order valence-electron chi connectivity index (χ3n) is 4.03. The molecular formula is C16H18ClNO5S2. The minimum Gasteiger partial charge on any atom is -0.480 e. The van der Waals surface area contributed by atoms with Crippen LogP contribution in [0, 0.1) is 5.92 Å². The summed E-state index contributed by atoms with van der Waals surface area (Å²) in [6, 6.07) is 2.28. The first-order chi connectivity index (χ1) is 11.7. The Morgan fingerprint density at radius 1 is 1.36 bits per heavy atom. The lowest BCUT2D eigenvalue weighted by molar-refractivity contribution is -0.149. The van der Waals surface area contributed by atoms with Crippen molar-refractivity contribution >= 4 is 57.5 Å². The Kier molecular flexibility index (Phi) is 6.65. The summed E-state index contributed by atoms with van der Waals surface area (Å²) in [7, 11) is 0. The lowest BCUT2D eigenvalue weighted by Gasteiger charge is -2.28. The molecule has 0 aromatic carbocycles. The molecule has 2 unspecified atom stereocenters. The van der Waals surface area contributed by atoms with Crippen molar-refractivity contribution in [3.8, 4) is 0 Å². The molecule has 1 N–H and O–H groups in total. The minimum absolute atomic E-state index is 0.281. The van der Waals surface area contributed by atoms with Crippen LogP contribution in [0.3, 0.4) is 0 Å². The summed E-state index contributed by atoms with van der Waals surface area (Å²) in [6.45, 7) is 3.24. The average Bonchev–Trinajstić information content (AvgIpc) is 3.19. The van der Waals surface area contributed by atoms with E-state index in [1.807, 2.05) is 0 Å². The third-order valence-corrected chi connectivity index (χ3v) is 6.49. The van der Waals surface area contributed by atoms with Crippen LogP contribution in [0.25, 0.3) is 0 Å². The Hall–Kier alpha value is -1.38. The van der Waals surface area contributed by atoms with E-state index in [1.54, 1.807) is 19.1 Å². The number of carboxylic acids is 1. The van der Waals surface area contributed by atoms with Crippen molar-refractivity contribution < 1.29 is 24.3 Å². The van der Waals surface area contributed by atoms with Crippen LogP contribution in [-0.4, -0.2) is 50.6 Å². The maximum absolute atomic E-state index is 12.8. The molecule has 2 heterocycles. The normalized spacial score (nSPS) is 19.5. The van der Waals surface area contributed by atoms with Crippen LogP contribution >= 0.6 is 34.7 Å². The number of rotatable bonds is 6. The molecule has 2 rings (SSSR count). The second-order valence-electron chi connectivity index (χ2n) is 5.81. The highest BCUT2D eigenvalue weighted by Gasteiger charge is 2.40. The van der Waals surface area contributed by atoms with E-state index in [0.717, 1.165) is 23.1 Å². The van der Waals surface area contributed by atoms with Crippen molar-refractivity contribution in [3.63, 3.8) is 0 Å². The van der Waals surface area contributed by atoms with Crippen LogP contribution in [-0.2, 0) is 14.4 Å². The number of carboxylic acid groups (broad SMARTS) is 1. The smallest absolute Gasteiger partial charge is 0.326 e. The molecule has 136 valence electrons. The number of thioether (sulfide) groups is 1. The molecule has 9 heteroatoms. The SMILES string of the molecule is CC(=O)SC(C(=O)c1ccc(Cl)s1)C(C)C(=O)N1CCC[C@H]1C(=O)O. The molecule has 1 aliphatic heterocycles. The van der Waals surface area contributed by atoms with Gasteiger partial charge in [0.15, 0.2) is 10.9 Å². The number of Topliss-reactive ketones (excluding diaryl/α,β-unsaturated/α-hetero) is 1. The number of ketones is 1. The van der Waals surface area contributed by atoms with E-state index >= 15 is 0 Å². The van der Waals surface area contributed by atoms with Gasteiger partial charge in [-0.05, 0) is 25.0 Å². The first-order valence-electron chi connectivity index (χ1n) is 7.72. The van der Waals surface area contributed by atoms with Crippen LogP contribution in [0.15, 0.2) is 12.1 Å². The quantitative estimate of drug-likeness (QED) is 0.734. The standard InChI is InChI=1S/C16H18ClNO5S2/c1-8(15(21)18-7-3-4-10(18)16(22)23)14(24-9(2)19)13(20)11-5-6-12(17)25-11/h5-6,8,10,14H,3-4,7H2,1-2H3,(H,22,23)/t8?,10-,14?/m0/s1. The number of carbonyl (C=O) groups excluding carboxylic acids is 3. The lowest BCUT2D eigenvalue weighted by Crippen LogP contribution is -2.46. The molecule has 1 aromatic heterocycles. The van der Waals surface area contributed by atoms with E-state index in [-0.39, 0.29) is 10.9 Å². The van der Waals surface area contributed by atoms with E-state index in [9.17, 15) is 24.3 Å². The van der Waals surface area contributed by atoms with E-state index in [0.29, 0.717) is 28.6 Å². The second kappa shape index (κ2) is 8.33. The monoisotopic (exact) mass is 403 g/mol. The number of nitrogens with zero attached hydrogens (tertiary/aromatic N) is 1. The summed E-state index contributed by atoms with van der Waals surface area (Å²) < 4.78 is 0.444. The Morgan fingerprint density at radius 3 is 2.56 bits per heavy atom. The Balaban J connectivity index is 2.24. The third kappa shape index (κ3) is 4.62. The van der Waals surface area contributed by atoms with Gasteiger partial charge in [-0.1, -0.05) is 30.3 Å². The van der Waals surface area contributed by atoms with Gasteiger partial charge in [0.05, 0.1) is 20.4 Å². The molecule has 3 atom stereocenters. The fraction of sp³-hybridized carbons (Fsp3) is 0.500. The molecule has 0 radical (unpaired) electrons. The number of amides is 1. The summed E-state index contributed by atoms with van der Waals surface area (Å²) in [6.07, 6.45) is 1.00.